The highest BCUT2D eigenvalue weighted by atomic mass is 16.5. The van der Waals surface area contributed by atoms with Crippen LogP contribution in [0, 0.1) is 0 Å². The Hall–Kier alpha value is -2.82. The van der Waals surface area contributed by atoms with E-state index in [1.165, 1.54) is 0 Å². The van der Waals surface area contributed by atoms with Crippen molar-refractivity contribution in [1.82, 2.24) is 4.90 Å². The van der Waals surface area contributed by atoms with Crippen LogP contribution in [0.2, 0.25) is 0 Å². The molecule has 0 N–H and O–H groups in total. The van der Waals surface area contributed by atoms with Gasteiger partial charge in [-0.25, -0.2) is 0 Å². The van der Waals surface area contributed by atoms with Gasteiger partial charge in [-0.1, -0.05) is 43.2 Å². The summed E-state index contributed by atoms with van der Waals surface area (Å²) in [6, 6.07) is 11.9. The number of hydrogen-bond acceptors (Lipinski definition) is 4. The molecule has 3 aromatic rings. The van der Waals surface area contributed by atoms with E-state index >= 15 is 0 Å². The number of benzene rings is 2. The molecule has 1 amide bonds. The summed E-state index contributed by atoms with van der Waals surface area (Å²) < 4.78 is 11.1. The molecule has 5 heteroatoms. The van der Waals surface area contributed by atoms with E-state index in [2.05, 4.69) is 0 Å². The first kappa shape index (κ1) is 18.5. The van der Waals surface area contributed by atoms with E-state index < -0.39 is 12.1 Å². The fourth-order valence-corrected chi connectivity index (χ4v) is 4.00. The first-order valence-corrected chi connectivity index (χ1v) is 9.99. The number of amides is 1. The first-order chi connectivity index (χ1) is 13.6. The molecule has 1 aliphatic heterocycles. The quantitative estimate of drug-likeness (QED) is 0.628. The van der Waals surface area contributed by atoms with Crippen LogP contribution in [0.25, 0.3) is 21.7 Å². The van der Waals surface area contributed by atoms with Crippen molar-refractivity contribution < 1.29 is 18.7 Å². The summed E-state index contributed by atoms with van der Waals surface area (Å²) in [5.41, 5.74) is 1.53. The number of furan rings is 1. The van der Waals surface area contributed by atoms with Gasteiger partial charge in [-0.05, 0) is 36.6 Å². The molecule has 4 rings (SSSR count). The van der Waals surface area contributed by atoms with Gasteiger partial charge in [-0.15, -0.1) is 0 Å². The van der Waals surface area contributed by atoms with Crippen molar-refractivity contribution in [2.75, 3.05) is 13.1 Å². The average Bonchev–Trinajstić information content (AvgIpc) is 2.92. The van der Waals surface area contributed by atoms with Crippen LogP contribution in [0.4, 0.5) is 0 Å². The SMILES string of the molecule is C[C@@H](OC(=O)Cc1coc2ccc3ccccc3c12)C(=O)N1CCCCCC1. The van der Waals surface area contributed by atoms with Crippen molar-refractivity contribution in [3.8, 4) is 0 Å². The van der Waals surface area contributed by atoms with Crippen molar-refractivity contribution >= 4 is 33.6 Å². The number of fused-ring (bicyclic) bond motifs is 3. The van der Waals surface area contributed by atoms with Crippen LogP contribution in [-0.2, 0) is 20.7 Å². The normalized spacial score (nSPS) is 16.1. The van der Waals surface area contributed by atoms with Crippen LogP contribution in [0.3, 0.4) is 0 Å². The number of hydrogen-bond donors (Lipinski definition) is 0. The highest BCUT2D eigenvalue weighted by molar-refractivity contribution is 6.08. The molecule has 1 atom stereocenters. The van der Waals surface area contributed by atoms with Gasteiger partial charge in [0, 0.05) is 24.0 Å². The fourth-order valence-electron chi connectivity index (χ4n) is 4.00. The molecule has 0 radical (unpaired) electrons. The Morgan fingerprint density at radius 1 is 1.07 bits per heavy atom. The maximum absolute atomic E-state index is 12.6. The Bertz CT molecular complexity index is 998. The number of likely N-dealkylation sites (tertiary alicyclic amines) is 1. The molecule has 146 valence electrons. The van der Waals surface area contributed by atoms with Crippen LogP contribution in [0.1, 0.15) is 38.2 Å². The second-order valence-corrected chi connectivity index (χ2v) is 7.47. The smallest absolute Gasteiger partial charge is 0.311 e. The van der Waals surface area contributed by atoms with Crippen molar-refractivity contribution in [3.05, 3.63) is 48.2 Å². The Morgan fingerprint density at radius 3 is 2.61 bits per heavy atom. The van der Waals surface area contributed by atoms with Crippen molar-refractivity contribution in [1.29, 1.82) is 0 Å². The largest absolute Gasteiger partial charge is 0.464 e. The molecule has 28 heavy (non-hydrogen) atoms. The van der Waals surface area contributed by atoms with E-state index in [1.54, 1.807) is 13.2 Å². The number of carbonyl (C=O) groups is 2. The van der Waals surface area contributed by atoms with Gasteiger partial charge in [0.15, 0.2) is 6.10 Å². The predicted molar refractivity (Wildman–Crippen MR) is 108 cm³/mol. The molecule has 2 heterocycles. The molecule has 1 fully saturated rings. The summed E-state index contributed by atoms with van der Waals surface area (Å²) in [7, 11) is 0. The lowest BCUT2D eigenvalue weighted by Gasteiger charge is -2.24. The average molecular weight is 379 g/mol. The maximum atomic E-state index is 12.6. The highest BCUT2D eigenvalue weighted by Gasteiger charge is 2.25. The predicted octanol–water partition coefficient (Wildman–Crippen LogP) is 4.46. The Morgan fingerprint density at radius 2 is 1.82 bits per heavy atom. The van der Waals surface area contributed by atoms with E-state index in [0.717, 1.165) is 66.1 Å². The minimum absolute atomic E-state index is 0.0820. The Labute approximate surface area is 164 Å². The molecule has 0 aliphatic carbocycles. The number of rotatable bonds is 4. The number of carbonyl (C=O) groups excluding carboxylic acids is 2. The van der Waals surface area contributed by atoms with Crippen LogP contribution in [-0.4, -0.2) is 36.0 Å². The number of nitrogens with zero attached hydrogens (tertiary/aromatic N) is 1. The van der Waals surface area contributed by atoms with Gasteiger partial charge >= 0.3 is 5.97 Å². The summed E-state index contributed by atoms with van der Waals surface area (Å²) >= 11 is 0. The molecule has 2 aromatic carbocycles. The maximum Gasteiger partial charge on any atom is 0.311 e. The van der Waals surface area contributed by atoms with Crippen molar-refractivity contribution in [2.45, 2.75) is 45.1 Å². The van der Waals surface area contributed by atoms with Crippen LogP contribution >= 0.6 is 0 Å². The monoisotopic (exact) mass is 379 g/mol. The first-order valence-electron chi connectivity index (χ1n) is 9.99. The molecule has 1 saturated heterocycles. The van der Waals surface area contributed by atoms with E-state index in [-0.39, 0.29) is 12.3 Å². The third-order valence-corrected chi connectivity index (χ3v) is 5.45. The van der Waals surface area contributed by atoms with Gasteiger partial charge in [0.1, 0.15) is 5.58 Å². The highest BCUT2D eigenvalue weighted by Crippen LogP contribution is 2.30. The number of ether oxygens (including phenoxy) is 1. The third-order valence-electron chi connectivity index (χ3n) is 5.45. The molecular formula is C23H25NO4. The molecular weight excluding hydrogens is 354 g/mol. The summed E-state index contributed by atoms with van der Waals surface area (Å²) in [4.78, 5) is 27.0. The van der Waals surface area contributed by atoms with Gasteiger partial charge in [0.25, 0.3) is 5.91 Å². The van der Waals surface area contributed by atoms with Gasteiger partial charge < -0.3 is 14.1 Å². The van der Waals surface area contributed by atoms with Crippen LogP contribution in [0.5, 0.6) is 0 Å². The van der Waals surface area contributed by atoms with Crippen molar-refractivity contribution in [3.63, 3.8) is 0 Å². The zero-order valence-electron chi connectivity index (χ0n) is 16.1. The molecule has 0 bridgehead atoms. The van der Waals surface area contributed by atoms with Gasteiger partial charge in [0.2, 0.25) is 0 Å². The van der Waals surface area contributed by atoms with Gasteiger partial charge in [-0.3, -0.25) is 9.59 Å². The number of esters is 1. The fraction of sp³-hybridized carbons (Fsp3) is 0.391. The summed E-state index contributed by atoms with van der Waals surface area (Å²) in [6.07, 6.45) is 5.26. The lowest BCUT2D eigenvalue weighted by atomic mass is 10.0. The summed E-state index contributed by atoms with van der Waals surface area (Å²) in [6.45, 7) is 3.16. The topological polar surface area (TPSA) is 59.8 Å². The van der Waals surface area contributed by atoms with E-state index in [0.29, 0.717) is 0 Å². The zero-order valence-corrected chi connectivity index (χ0v) is 16.1. The second-order valence-electron chi connectivity index (χ2n) is 7.47. The molecule has 0 unspecified atom stereocenters. The Balaban J connectivity index is 1.48. The zero-order chi connectivity index (χ0) is 19.5. The van der Waals surface area contributed by atoms with E-state index in [4.69, 9.17) is 9.15 Å². The molecule has 0 spiro atoms. The van der Waals surface area contributed by atoms with Crippen LogP contribution in [0.15, 0.2) is 47.1 Å². The minimum Gasteiger partial charge on any atom is -0.464 e. The molecule has 0 saturated carbocycles. The summed E-state index contributed by atoms with van der Waals surface area (Å²) in [5.74, 6) is -0.510. The molecule has 5 nitrogen and oxygen atoms in total. The lowest BCUT2D eigenvalue weighted by Crippen LogP contribution is -2.40. The van der Waals surface area contributed by atoms with E-state index in [9.17, 15) is 9.59 Å². The standard InChI is InChI=1S/C23H25NO4/c1-16(23(26)24-12-6-2-3-7-13-24)28-21(25)14-18-15-27-20-11-10-17-8-4-5-9-19(17)22(18)20/h4-5,8-11,15-16H,2-3,6-7,12-14H2,1H3/t16-/m1/s1. The summed E-state index contributed by atoms with van der Waals surface area (Å²) in [5, 5.41) is 3.07. The lowest BCUT2D eigenvalue weighted by molar-refractivity contribution is -0.158. The molecule has 1 aliphatic rings. The molecule has 1 aromatic heterocycles. The van der Waals surface area contributed by atoms with E-state index in [1.807, 2.05) is 41.3 Å². The van der Waals surface area contributed by atoms with Crippen molar-refractivity contribution in [2.24, 2.45) is 0 Å². The van der Waals surface area contributed by atoms with Gasteiger partial charge in [0.05, 0.1) is 12.7 Å². The Kier molecular flexibility index (Phi) is 5.33. The minimum atomic E-state index is -0.763. The second kappa shape index (κ2) is 8.05. The third kappa shape index (κ3) is 3.75. The van der Waals surface area contributed by atoms with Gasteiger partial charge in [-0.2, -0.15) is 0 Å². The van der Waals surface area contributed by atoms with Crippen LogP contribution < -0.4 is 0 Å².